The molecular weight excluding hydrogens is 215 g/mol. The molecule has 1 fully saturated rings. The van der Waals surface area contributed by atoms with Crippen LogP contribution in [0.1, 0.15) is 25.5 Å². The molecular formula is C13H17BO3. The first-order valence-electron chi connectivity index (χ1n) is 5.96. The molecule has 1 aliphatic heterocycles. The first-order valence-corrected chi connectivity index (χ1v) is 5.96. The van der Waals surface area contributed by atoms with Gasteiger partial charge < -0.3 is 14.2 Å². The Morgan fingerprint density at radius 1 is 1.53 bits per heavy atom. The maximum atomic E-state index is 5.94. The van der Waals surface area contributed by atoms with Crippen LogP contribution in [0.3, 0.4) is 0 Å². The summed E-state index contributed by atoms with van der Waals surface area (Å²) in [6, 6.07) is 5.67. The minimum atomic E-state index is -0.0420. The average molecular weight is 232 g/mol. The van der Waals surface area contributed by atoms with Crippen molar-refractivity contribution >= 4 is 13.3 Å². The molecule has 1 aromatic carbocycles. The van der Waals surface area contributed by atoms with Crippen molar-refractivity contribution in [1.29, 1.82) is 0 Å². The van der Waals surface area contributed by atoms with Crippen LogP contribution in [-0.4, -0.2) is 33.8 Å². The molecule has 4 heteroatoms. The van der Waals surface area contributed by atoms with E-state index in [1.54, 1.807) is 0 Å². The van der Waals surface area contributed by atoms with E-state index in [1.807, 2.05) is 32.0 Å². The molecule has 0 aromatic heterocycles. The summed E-state index contributed by atoms with van der Waals surface area (Å²) < 4.78 is 16.3. The van der Waals surface area contributed by atoms with Gasteiger partial charge in [0, 0.05) is 0 Å². The fourth-order valence-electron chi connectivity index (χ4n) is 1.67. The summed E-state index contributed by atoms with van der Waals surface area (Å²) in [5, 5.41) is 0. The quantitative estimate of drug-likeness (QED) is 0.548. The van der Waals surface area contributed by atoms with Crippen molar-refractivity contribution in [2.75, 3.05) is 19.8 Å². The zero-order valence-electron chi connectivity index (χ0n) is 10.3. The number of epoxide rings is 1. The molecule has 0 saturated carbocycles. The Balaban J connectivity index is 2.02. The van der Waals surface area contributed by atoms with Crippen molar-refractivity contribution in [3.05, 3.63) is 23.8 Å². The highest BCUT2D eigenvalue weighted by atomic mass is 16.6. The molecule has 0 unspecified atom stereocenters. The average Bonchev–Trinajstić information content (AvgIpc) is 3.13. The molecule has 2 radical (unpaired) electrons. The third-order valence-electron chi connectivity index (χ3n) is 2.74. The first-order chi connectivity index (χ1) is 8.20. The summed E-state index contributed by atoms with van der Waals surface area (Å²) >= 11 is 0. The van der Waals surface area contributed by atoms with E-state index in [1.165, 1.54) is 0 Å². The van der Waals surface area contributed by atoms with Gasteiger partial charge in [-0.25, -0.2) is 0 Å². The van der Waals surface area contributed by atoms with Crippen LogP contribution in [0.15, 0.2) is 18.2 Å². The van der Waals surface area contributed by atoms with Gasteiger partial charge in [-0.15, -0.1) is 0 Å². The summed E-state index contributed by atoms with van der Waals surface area (Å²) in [5.41, 5.74) is 1.70. The minimum Gasteiger partial charge on any atom is -0.494 e. The Kier molecular flexibility index (Phi) is 4.08. The third kappa shape index (κ3) is 3.48. The highest BCUT2D eigenvalue weighted by Gasteiger charge is 2.24. The largest absolute Gasteiger partial charge is 0.494 e. The molecule has 0 amide bonds. The molecule has 3 nitrogen and oxygen atoms in total. The van der Waals surface area contributed by atoms with E-state index in [0.29, 0.717) is 13.2 Å². The molecule has 1 aromatic rings. The van der Waals surface area contributed by atoms with E-state index in [0.717, 1.165) is 23.4 Å². The minimum absolute atomic E-state index is 0.0420. The summed E-state index contributed by atoms with van der Waals surface area (Å²) in [4.78, 5) is 0. The lowest BCUT2D eigenvalue weighted by molar-refractivity contribution is 0.0544. The lowest BCUT2D eigenvalue weighted by Gasteiger charge is -2.17. The maximum absolute atomic E-state index is 5.94. The smallest absolute Gasteiger partial charge is 0.119 e. The number of benzene rings is 1. The number of rotatable bonds is 6. The molecule has 90 valence electrons. The summed E-state index contributed by atoms with van der Waals surface area (Å²) in [5.74, 6) is 0.829. The maximum Gasteiger partial charge on any atom is 0.119 e. The zero-order valence-corrected chi connectivity index (χ0v) is 10.3. The predicted octanol–water partition coefficient (Wildman–Crippen LogP) is 1.36. The number of hydrogen-bond donors (Lipinski definition) is 0. The van der Waals surface area contributed by atoms with E-state index in [9.17, 15) is 0 Å². The molecule has 0 bridgehead atoms. The van der Waals surface area contributed by atoms with Crippen LogP contribution in [0.4, 0.5) is 0 Å². The van der Waals surface area contributed by atoms with Gasteiger partial charge in [0.2, 0.25) is 0 Å². The highest BCUT2D eigenvalue weighted by molar-refractivity contribution is 6.33. The van der Waals surface area contributed by atoms with E-state index >= 15 is 0 Å². The van der Waals surface area contributed by atoms with Gasteiger partial charge in [0.1, 0.15) is 19.7 Å². The van der Waals surface area contributed by atoms with Crippen molar-refractivity contribution in [1.82, 2.24) is 0 Å². The number of ether oxygens (including phenoxy) is 3. The Morgan fingerprint density at radius 2 is 2.29 bits per heavy atom. The second kappa shape index (κ2) is 5.56. The van der Waals surface area contributed by atoms with E-state index < -0.39 is 0 Å². The van der Waals surface area contributed by atoms with Crippen molar-refractivity contribution < 1.29 is 14.2 Å². The topological polar surface area (TPSA) is 31.0 Å². The van der Waals surface area contributed by atoms with E-state index in [-0.39, 0.29) is 12.2 Å². The van der Waals surface area contributed by atoms with Gasteiger partial charge in [-0.3, -0.25) is 0 Å². The first kappa shape index (κ1) is 12.5. The van der Waals surface area contributed by atoms with Crippen molar-refractivity contribution in [3.8, 4) is 5.75 Å². The second-order valence-electron chi connectivity index (χ2n) is 4.15. The monoisotopic (exact) mass is 232 g/mol. The Morgan fingerprint density at radius 3 is 2.94 bits per heavy atom. The second-order valence-corrected chi connectivity index (χ2v) is 4.15. The lowest BCUT2D eigenvalue weighted by Crippen LogP contribution is -2.16. The van der Waals surface area contributed by atoms with Crippen LogP contribution < -0.4 is 10.2 Å². The van der Waals surface area contributed by atoms with Crippen LogP contribution in [0.2, 0.25) is 0 Å². The van der Waals surface area contributed by atoms with Gasteiger partial charge in [-0.05, 0) is 31.5 Å². The van der Waals surface area contributed by atoms with Gasteiger partial charge in [0.05, 0.1) is 25.9 Å². The van der Waals surface area contributed by atoms with Crippen molar-refractivity contribution in [3.63, 3.8) is 0 Å². The fourth-order valence-corrected chi connectivity index (χ4v) is 1.67. The molecule has 2 rings (SSSR count). The van der Waals surface area contributed by atoms with Crippen LogP contribution in [0.5, 0.6) is 5.75 Å². The lowest BCUT2D eigenvalue weighted by atomic mass is 9.88. The van der Waals surface area contributed by atoms with Crippen LogP contribution in [-0.2, 0) is 9.47 Å². The molecule has 2 atom stereocenters. The molecule has 0 aliphatic carbocycles. The fraction of sp³-hybridized carbons (Fsp3) is 0.538. The van der Waals surface area contributed by atoms with Gasteiger partial charge in [-0.2, -0.15) is 0 Å². The Hall–Kier alpha value is -0.995. The summed E-state index contributed by atoms with van der Waals surface area (Å²) in [6.07, 6.45) is 0.230. The molecule has 1 aliphatic rings. The Bertz CT molecular complexity index is 377. The molecule has 17 heavy (non-hydrogen) atoms. The van der Waals surface area contributed by atoms with Gasteiger partial charge in [-0.1, -0.05) is 11.5 Å². The zero-order chi connectivity index (χ0) is 12.3. The van der Waals surface area contributed by atoms with Crippen LogP contribution in [0, 0.1) is 0 Å². The molecule has 0 N–H and O–H groups in total. The standard InChI is InChI=1S/C13H17BO3/c1-3-15-10-4-5-13(14)12(6-10)9(2)16-7-11-8-17-11/h4-6,9,11H,3,7-8H2,1-2H3/t9-,11+/m1/s1. The normalized spacial score (nSPS) is 20.0. The summed E-state index contributed by atoms with van der Waals surface area (Å²) in [6.45, 7) is 6.03. The van der Waals surface area contributed by atoms with E-state index in [4.69, 9.17) is 22.1 Å². The van der Waals surface area contributed by atoms with Crippen LogP contribution >= 0.6 is 0 Å². The molecule has 1 saturated heterocycles. The predicted molar refractivity (Wildman–Crippen MR) is 67.1 cm³/mol. The van der Waals surface area contributed by atoms with Gasteiger partial charge >= 0.3 is 0 Å². The number of hydrogen-bond acceptors (Lipinski definition) is 3. The van der Waals surface area contributed by atoms with E-state index in [2.05, 4.69) is 0 Å². The summed E-state index contributed by atoms with van der Waals surface area (Å²) in [7, 11) is 5.94. The van der Waals surface area contributed by atoms with Gasteiger partial charge in [0.25, 0.3) is 0 Å². The third-order valence-corrected chi connectivity index (χ3v) is 2.74. The molecule has 0 spiro atoms. The highest BCUT2D eigenvalue weighted by Crippen LogP contribution is 2.21. The van der Waals surface area contributed by atoms with Gasteiger partial charge in [0.15, 0.2) is 0 Å². The SMILES string of the molecule is [B]c1ccc(OCC)cc1[C@@H](C)OC[C@H]1CO1. The Labute approximate surface area is 103 Å². The van der Waals surface area contributed by atoms with Crippen LogP contribution in [0.25, 0.3) is 0 Å². The van der Waals surface area contributed by atoms with Crippen molar-refractivity contribution in [2.24, 2.45) is 0 Å². The van der Waals surface area contributed by atoms with Crippen molar-refractivity contribution in [2.45, 2.75) is 26.1 Å². The molecule has 1 heterocycles.